The Morgan fingerprint density at radius 3 is 2.42 bits per heavy atom. The molecule has 3 rings (SSSR count). The van der Waals surface area contributed by atoms with E-state index in [2.05, 4.69) is 31.0 Å². The van der Waals surface area contributed by atoms with Gasteiger partial charge in [-0.25, -0.2) is 4.98 Å². The van der Waals surface area contributed by atoms with Gasteiger partial charge >= 0.3 is 5.97 Å². The van der Waals surface area contributed by atoms with Crippen molar-refractivity contribution in [2.45, 2.75) is 65.3 Å². The third kappa shape index (κ3) is 5.17. The molecule has 1 aromatic carbocycles. The number of hydrogen-bond donors (Lipinski definition) is 0. The van der Waals surface area contributed by atoms with Crippen molar-refractivity contribution in [1.82, 2.24) is 14.5 Å². The fourth-order valence-corrected chi connectivity index (χ4v) is 4.51. The first-order valence-electron chi connectivity index (χ1n) is 11.4. The lowest BCUT2D eigenvalue weighted by Crippen LogP contribution is -2.49. The summed E-state index contributed by atoms with van der Waals surface area (Å²) in [5, 5.41) is 0. The second-order valence-electron chi connectivity index (χ2n) is 8.84. The molecule has 1 fully saturated rings. The number of aryl methyl sites for hydroxylation is 1. The van der Waals surface area contributed by atoms with Crippen LogP contribution in [-0.2, 0) is 20.7 Å². The summed E-state index contributed by atoms with van der Waals surface area (Å²) >= 11 is 0. The first-order valence-corrected chi connectivity index (χ1v) is 11.4. The van der Waals surface area contributed by atoms with Crippen molar-refractivity contribution >= 4 is 11.9 Å². The molecule has 0 radical (unpaired) electrons. The van der Waals surface area contributed by atoms with Gasteiger partial charge in [-0.2, -0.15) is 0 Å². The highest BCUT2D eigenvalue weighted by molar-refractivity contribution is 5.81. The molecule has 1 saturated heterocycles. The van der Waals surface area contributed by atoms with Gasteiger partial charge in [0.15, 0.2) is 0 Å². The number of carbonyl (C=O) groups excluding carboxylic acids is 2. The molecule has 168 valence electrons. The SMILES string of the molecule is CCOC(=O)C1(CCc2ccccc2)CCN(C(=O)C(C)n2ccnc2C(C)C)CC1. The largest absolute Gasteiger partial charge is 0.466 e. The standard InChI is InChI=1S/C25H35N3O3/c1-5-31-24(30)25(12-11-21-9-7-6-8-10-21)13-16-27(17-14-25)23(29)20(4)28-18-15-26-22(28)19(2)3/h6-10,15,18-20H,5,11-14,16-17H2,1-4H3. The topological polar surface area (TPSA) is 64.4 Å². The molecule has 0 saturated carbocycles. The number of carbonyl (C=O) groups is 2. The molecular formula is C25H35N3O3. The molecule has 1 aliphatic rings. The van der Waals surface area contributed by atoms with E-state index < -0.39 is 5.41 Å². The summed E-state index contributed by atoms with van der Waals surface area (Å²) in [5.41, 5.74) is 0.698. The van der Waals surface area contributed by atoms with Crippen molar-refractivity contribution in [2.75, 3.05) is 19.7 Å². The van der Waals surface area contributed by atoms with Crippen molar-refractivity contribution in [1.29, 1.82) is 0 Å². The monoisotopic (exact) mass is 425 g/mol. The van der Waals surface area contributed by atoms with E-state index in [4.69, 9.17) is 4.74 Å². The van der Waals surface area contributed by atoms with Crippen molar-refractivity contribution in [2.24, 2.45) is 5.41 Å². The molecule has 1 unspecified atom stereocenters. The van der Waals surface area contributed by atoms with Gasteiger partial charge in [0.2, 0.25) is 5.91 Å². The fraction of sp³-hybridized carbons (Fsp3) is 0.560. The Kier molecular flexibility index (Phi) is 7.52. The van der Waals surface area contributed by atoms with E-state index in [-0.39, 0.29) is 23.8 Å². The van der Waals surface area contributed by atoms with Crippen LogP contribution in [0.25, 0.3) is 0 Å². The fourth-order valence-electron chi connectivity index (χ4n) is 4.51. The highest BCUT2D eigenvalue weighted by Gasteiger charge is 2.43. The molecule has 0 N–H and O–H groups in total. The molecular weight excluding hydrogens is 390 g/mol. The number of hydrogen-bond acceptors (Lipinski definition) is 4. The van der Waals surface area contributed by atoms with Crippen LogP contribution in [0.1, 0.15) is 70.3 Å². The molecule has 0 aliphatic carbocycles. The Bertz CT molecular complexity index is 867. The minimum Gasteiger partial charge on any atom is -0.466 e. The van der Waals surface area contributed by atoms with Gasteiger partial charge in [0.25, 0.3) is 0 Å². The predicted octanol–water partition coefficient (Wildman–Crippen LogP) is 4.37. The molecule has 6 heteroatoms. The van der Waals surface area contributed by atoms with Gasteiger partial charge in [-0.1, -0.05) is 44.2 Å². The number of rotatable bonds is 8. The number of likely N-dealkylation sites (tertiary alicyclic amines) is 1. The third-order valence-electron chi connectivity index (χ3n) is 6.47. The van der Waals surface area contributed by atoms with Crippen LogP contribution in [-0.4, -0.2) is 46.0 Å². The molecule has 1 amide bonds. The summed E-state index contributed by atoms with van der Waals surface area (Å²) in [5.74, 6) is 1.13. The number of nitrogens with zero attached hydrogens (tertiary/aromatic N) is 3. The number of piperidine rings is 1. The number of esters is 1. The summed E-state index contributed by atoms with van der Waals surface area (Å²) < 4.78 is 7.43. The van der Waals surface area contributed by atoms with Gasteiger partial charge < -0.3 is 14.2 Å². The van der Waals surface area contributed by atoms with Gasteiger partial charge in [-0.15, -0.1) is 0 Å². The summed E-state index contributed by atoms with van der Waals surface area (Å²) in [6, 6.07) is 9.93. The number of amides is 1. The predicted molar refractivity (Wildman–Crippen MR) is 121 cm³/mol. The normalized spacial score (nSPS) is 16.9. The zero-order valence-corrected chi connectivity index (χ0v) is 19.2. The maximum atomic E-state index is 13.2. The molecule has 1 atom stereocenters. The minimum absolute atomic E-state index is 0.0837. The van der Waals surface area contributed by atoms with Crippen LogP contribution in [0.4, 0.5) is 0 Å². The Morgan fingerprint density at radius 1 is 1.13 bits per heavy atom. The molecule has 0 spiro atoms. The Hall–Kier alpha value is -2.63. The molecule has 6 nitrogen and oxygen atoms in total. The van der Waals surface area contributed by atoms with Crippen LogP contribution < -0.4 is 0 Å². The number of aromatic nitrogens is 2. The van der Waals surface area contributed by atoms with Crippen molar-refractivity contribution in [3.63, 3.8) is 0 Å². The summed E-state index contributed by atoms with van der Waals surface area (Å²) in [7, 11) is 0. The van der Waals surface area contributed by atoms with Crippen LogP contribution >= 0.6 is 0 Å². The lowest BCUT2D eigenvalue weighted by Gasteiger charge is -2.41. The van der Waals surface area contributed by atoms with E-state index in [1.165, 1.54) is 5.56 Å². The molecule has 2 aromatic rings. The lowest BCUT2D eigenvalue weighted by atomic mass is 9.74. The van der Waals surface area contributed by atoms with Gasteiger partial charge in [0.05, 0.1) is 12.0 Å². The second-order valence-corrected chi connectivity index (χ2v) is 8.84. The van der Waals surface area contributed by atoms with Gasteiger partial charge in [-0.05, 0) is 45.1 Å². The van der Waals surface area contributed by atoms with Crippen molar-refractivity contribution in [3.05, 3.63) is 54.1 Å². The zero-order chi connectivity index (χ0) is 22.4. The Morgan fingerprint density at radius 2 is 1.81 bits per heavy atom. The third-order valence-corrected chi connectivity index (χ3v) is 6.47. The molecule has 1 aromatic heterocycles. The first kappa shape index (κ1) is 23.0. The molecule has 2 heterocycles. The molecule has 31 heavy (non-hydrogen) atoms. The number of imidazole rings is 1. The van der Waals surface area contributed by atoms with Gasteiger partial charge in [0.1, 0.15) is 11.9 Å². The number of benzene rings is 1. The average molecular weight is 426 g/mol. The first-order chi connectivity index (χ1) is 14.9. The van der Waals surface area contributed by atoms with Crippen molar-refractivity contribution < 1.29 is 14.3 Å². The summed E-state index contributed by atoms with van der Waals surface area (Å²) in [6.07, 6.45) is 6.48. The zero-order valence-electron chi connectivity index (χ0n) is 19.2. The van der Waals surface area contributed by atoms with E-state index in [0.717, 1.165) is 18.7 Å². The quantitative estimate of drug-likeness (QED) is 0.589. The van der Waals surface area contributed by atoms with E-state index in [1.54, 1.807) is 6.20 Å². The van der Waals surface area contributed by atoms with Crippen LogP contribution in [0.2, 0.25) is 0 Å². The van der Waals surface area contributed by atoms with E-state index in [0.29, 0.717) is 32.5 Å². The Labute approximate surface area is 185 Å². The maximum Gasteiger partial charge on any atom is 0.312 e. The molecule has 1 aliphatic heterocycles. The van der Waals surface area contributed by atoms with Crippen LogP contribution in [0.15, 0.2) is 42.7 Å². The summed E-state index contributed by atoms with van der Waals surface area (Å²) in [4.78, 5) is 32.5. The van der Waals surface area contributed by atoms with Gasteiger partial charge in [0, 0.05) is 31.4 Å². The van der Waals surface area contributed by atoms with Gasteiger partial charge in [-0.3, -0.25) is 9.59 Å². The van der Waals surface area contributed by atoms with E-state index in [9.17, 15) is 9.59 Å². The minimum atomic E-state index is -0.524. The highest BCUT2D eigenvalue weighted by atomic mass is 16.5. The van der Waals surface area contributed by atoms with E-state index >= 15 is 0 Å². The lowest BCUT2D eigenvalue weighted by molar-refractivity contribution is -0.161. The Balaban J connectivity index is 1.68. The maximum absolute atomic E-state index is 13.2. The van der Waals surface area contributed by atoms with Crippen LogP contribution in [0.3, 0.4) is 0 Å². The summed E-state index contributed by atoms with van der Waals surface area (Å²) in [6.45, 7) is 9.46. The van der Waals surface area contributed by atoms with Crippen LogP contribution in [0.5, 0.6) is 0 Å². The smallest absolute Gasteiger partial charge is 0.312 e. The number of ether oxygens (including phenoxy) is 1. The highest BCUT2D eigenvalue weighted by Crippen LogP contribution is 2.38. The van der Waals surface area contributed by atoms with Crippen LogP contribution in [0, 0.1) is 5.41 Å². The van der Waals surface area contributed by atoms with E-state index in [1.807, 2.05) is 47.7 Å². The molecule has 0 bridgehead atoms. The second kappa shape index (κ2) is 10.1. The van der Waals surface area contributed by atoms with Crippen molar-refractivity contribution in [3.8, 4) is 0 Å². The average Bonchev–Trinajstić information content (AvgIpc) is 3.28.